The van der Waals surface area contributed by atoms with Crippen LogP contribution in [-0.4, -0.2) is 21.2 Å². The molecule has 1 N–H and O–H groups in total. The number of unbranched alkanes of at least 4 members (excludes halogenated alkanes) is 5. The van der Waals surface area contributed by atoms with Gasteiger partial charge in [-0.1, -0.05) is 39.0 Å². The van der Waals surface area contributed by atoms with Crippen LogP contribution in [0.15, 0.2) is 23.0 Å². The lowest BCUT2D eigenvalue weighted by Crippen LogP contribution is -2.20. The number of nitrogens with zero attached hydrogens (tertiary/aromatic N) is 2. The molecule has 0 atom stereocenters. The quantitative estimate of drug-likeness (QED) is 0.421. The number of pyridine rings is 1. The summed E-state index contributed by atoms with van der Waals surface area (Å²) < 4.78 is 6.84. The number of aromatic nitrogens is 1. The molecule has 0 spiro atoms. The van der Waals surface area contributed by atoms with Gasteiger partial charge in [-0.05, 0) is 12.5 Å². The zero-order chi connectivity index (χ0) is 18.4. The van der Waals surface area contributed by atoms with E-state index in [4.69, 9.17) is 4.74 Å². The molecule has 2 rings (SSSR count). The molecule has 0 bridgehead atoms. The zero-order valence-corrected chi connectivity index (χ0v) is 14.7. The molecule has 7 heteroatoms. The van der Waals surface area contributed by atoms with Gasteiger partial charge in [0.05, 0.1) is 22.4 Å². The predicted molar refractivity (Wildman–Crippen MR) is 96.4 cm³/mol. The van der Waals surface area contributed by atoms with Crippen molar-refractivity contribution in [3.05, 3.63) is 38.7 Å². The Morgan fingerprint density at radius 2 is 1.88 bits per heavy atom. The van der Waals surface area contributed by atoms with Crippen molar-refractivity contribution in [1.82, 2.24) is 4.57 Å². The molecule has 1 aromatic heterocycles. The van der Waals surface area contributed by atoms with Crippen LogP contribution in [0.2, 0.25) is 0 Å². The molecular formula is C18H24N2O5. The van der Waals surface area contributed by atoms with Crippen LogP contribution in [0.1, 0.15) is 45.4 Å². The highest BCUT2D eigenvalue weighted by molar-refractivity contribution is 5.89. The van der Waals surface area contributed by atoms with Gasteiger partial charge in [0.2, 0.25) is 5.75 Å². The molecule has 0 saturated heterocycles. The van der Waals surface area contributed by atoms with Crippen LogP contribution >= 0.6 is 0 Å². The predicted octanol–water partition coefficient (Wildman–Crippen LogP) is 3.89. The van der Waals surface area contributed by atoms with Crippen molar-refractivity contribution in [2.24, 2.45) is 7.05 Å². The third kappa shape index (κ3) is 4.29. The first-order chi connectivity index (χ1) is 12.0. The Morgan fingerprint density at radius 1 is 1.20 bits per heavy atom. The number of hydrogen-bond acceptors (Lipinski definition) is 5. The zero-order valence-electron chi connectivity index (χ0n) is 14.7. The Labute approximate surface area is 146 Å². The fraction of sp³-hybridized carbons (Fsp3) is 0.500. The van der Waals surface area contributed by atoms with Gasteiger partial charge in [-0.3, -0.25) is 14.9 Å². The van der Waals surface area contributed by atoms with Crippen LogP contribution in [0.5, 0.6) is 11.5 Å². The highest BCUT2D eigenvalue weighted by Crippen LogP contribution is 2.33. The summed E-state index contributed by atoms with van der Waals surface area (Å²) in [5.41, 5.74) is -0.187. The molecule has 0 fully saturated rings. The number of benzene rings is 1. The molecule has 1 aromatic carbocycles. The summed E-state index contributed by atoms with van der Waals surface area (Å²) in [7, 11) is 1.55. The van der Waals surface area contributed by atoms with Gasteiger partial charge in [-0.2, -0.15) is 0 Å². The molecule has 0 amide bonds. The van der Waals surface area contributed by atoms with E-state index >= 15 is 0 Å². The Kier molecular flexibility index (Phi) is 6.38. The molecule has 136 valence electrons. The minimum Gasteiger partial charge on any atom is -0.504 e. The average molecular weight is 348 g/mol. The number of aryl methyl sites for hydroxylation is 1. The van der Waals surface area contributed by atoms with Crippen molar-refractivity contribution < 1.29 is 14.8 Å². The van der Waals surface area contributed by atoms with Gasteiger partial charge < -0.3 is 14.4 Å². The monoisotopic (exact) mass is 348 g/mol. The smallest absolute Gasteiger partial charge is 0.297 e. The number of nitro benzene ring substituents is 1. The van der Waals surface area contributed by atoms with E-state index in [1.165, 1.54) is 42.0 Å². The SMILES string of the molecule is CCCCCCCCOc1c(O)c2cc([N+](=O)[O-])ccc2n(C)c1=O. The molecular weight excluding hydrogens is 324 g/mol. The fourth-order valence-electron chi connectivity index (χ4n) is 2.79. The maximum atomic E-state index is 12.4. The number of nitro groups is 1. The van der Waals surface area contributed by atoms with Crippen molar-refractivity contribution in [2.75, 3.05) is 6.61 Å². The van der Waals surface area contributed by atoms with Gasteiger partial charge in [-0.15, -0.1) is 0 Å². The number of hydrogen-bond donors (Lipinski definition) is 1. The van der Waals surface area contributed by atoms with Gasteiger partial charge in [0, 0.05) is 19.2 Å². The van der Waals surface area contributed by atoms with Crippen molar-refractivity contribution in [1.29, 1.82) is 0 Å². The van der Waals surface area contributed by atoms with Crippen LogP contribution in [0.25, 0.3) is 10.9 Å². The Hall–Kier alpha value is -2.57. The minimum absolute atomic E-state index is 0.149. The van der Waals surface area contributed by atoms with E-state index in [-0.39, 0.29) is 22.6 Å². The second-order valence-electron chi connectivity index (χ2n) is 6.12. The topological polar surface area (TPSA) is 94.6 Å². The molecule has 2 aromatic rings. The van der Waals surface area contributed by atoms with Crippen molar-refractivity contribution in [2.45, 2.75) is 45.4 Å². The van der Waals surface area contributed by atoms with Gasteiger partial charge in [-0.25, -0.2) is 0 Å². The summed E-state index contributed by atoms with van der Waals surface area (Å²) in [6, 6.07) is 4.01. The lowest BCUT2D eigenvalue weighted by Gasteiger charge is -2.12. The lowest BCUT2D eigenvalue weighted by molar-refractivity contribution is -0.384. The summed E-state index contributed by atoms with van der Waals surface area (Å²) in [5, 5.41) is 21.5. The maximum Gasteiger partial charge on any atom is 0.297 e. The number of non-ortho nitro benzene ring substituents is 1. The van der Waals surface area contributed by atoms with Crippen LogP contribution < -0.4 is 10.3 Å². The summed E-state index contributed by atoms with van der Waals surface area (Å²) in [4.78, 5) is 22.8. The van der Waals surface area contributed by atoms with Gasteiger partial charge in [0.25, 0.3) is 11.2 Å². The molecule has 0 saturated carbocycles. The molecule has 0 unspecified atom stereocenters. The lowest BCUT2D eigenvalue weighted by atomic mass is 10.1. The first-order valence-electron chi connectivity index (χ1n) is 8.60. The van der Waals surface area contributed by atoms with E-state index < -0.39 is 10.5 Å². The number of ether oxygens (including phenoxy) is 1. The fourth-order valence-corrected chi connectivity index (χ4v) is 2.79. The first-order valence-corrected chi connectivity index (χ1v) is 8.60. The third-order valence-electron chi connectivity index (χ3n) is 4.27. The van der Waals surface area contributed by atoms with Gasteiger partial charge in [0.1, 0.15) is 0 Å². The van der Waals surface area contributed by atoms with Gasteiger partial charge in [0.15, 0.2) is 5.75 Å². The third-order valence-corrected chi connectivity index (χ3v) is 4.27. The largest absolute Gasteiger partial charge is 0.504 e. The molecule has 25 heavy (non-hydrogen) atoms. The molecule has 0 aliphatic heterocycles. The summed E-state index contributed by atoms with van der Waals surface area (Å²) >= 11 is 0. The molecule has 0 radical (unpaired) electrons. The normalized spacial score (nSPS) is 11.0. The summed E-state index contributed by atoms with van der Waals surface area (Å²) in [6.07, 6.45) is 6.49. The minimum atomic E-state index is -0.541. The molecule has 0 aliphatic rings. The number of fused-ring (bicyclic) bond motifs is 1. The first kappa shape index (κ1) is 18.8. The number of aromatic hydroxyl groups is 1. The van der Waals surface area contributed by atoms with E-state index in [0.717, 1.165) is 19.3 Å². The van der Waals surface area contributed by atoms with E-state index in [2.05, 4.69) is 6.92 Å². The molecule has 0 aliphatic carbocycles. The molecule has 1 heterocycles. The van der Waals surface area contributed by atoms with Crippen LogP contribution in [-0.2, 0) is 7.05 Å². The number of rotatable bonds is 9. The van der Waals surface area contributed by atoms with E-state index in [1.54, 1.807) is 7.05 Å². The van der Waals surface area contributed by atoms with E-state index in [1.807, 2.05) is 0 Å². The van der Waals surface area contributed by atoms with Crippen LogP contribution in [0.4, 0.5) is 5.69 Å². The summed E-state index contributed by atoms with van der Waals surface area (Å²) in [5.74, 6) is -0.489. The van der Waals surface area contributed by atoms with E-state index in [9.17, 15) is 20.0 Å². The van der Waals surface area contributed by atoms with Gasteiger partial charge >= 0.3 is 0 Å². The average Bonchev–Trinajstić information content (AvgIpc) is 2.61. The highest BCUT2D eigenvalue weighted by Gasteiger charge is 2.18. The standard InChI is InChI=1S/C18H24N2O5/c1-3-4-5-6-7-8-11-25-17-16(21)14-12-13(20(23)24)9-10-15(14)19(2)18(17)22/h9-10,12,21H,3-8,11H2,1-2H3. The van der Waals surface area contributed by atoms with E-state index in [0.29, 0.717) is 12.1 Å². The van der Waals surface area contributed by atoms with Crippen molar-refractivity contribution >= 4 is 16.6 Å². The highest BCUT2D eigenvalue weighted by atomic mass is 16.6. The second kappa shape index (κ2) is 8.50. The maximum absolute atomic E-state index is 12.4. The van der Waals surface area contributed by atoms with Crippen LogP contribution in [0, 0.1) is 10.1 Å². The van der Waals surface area contributed by atoms with Crippen LogP contribution in [0.3, 0.4) is 0 Å². The Bertz CT molecular complexity index is 813. The van der Waals surface area contributed by atoms with Crippen molar-refractivity contribution in [3.8, 4) is 11.5 Å². The molecule has 7 nitrogen and oxygen atoms in total. The van der Waals surface area contributed by atoms with Crippen molar-refractivity contribution in [3.63, 3.8) is 0 Å². The Balaban J connectivity index is 2.19. The summed E-state index contributed by atoms with van der Waals surface area (Å²) in [6.45, 7) is 2.49. The Morgan fingerprint density at radius 3 is 2.56 bits per heavy atom. The second-order valence-corrected chi connectivity index (χ2v) is 6.12.